The van der Waals surface area contributed by atoms with E-state index >= 15 is 0 Å². The van der Waals surface area contributed by atoms with Gasteiger partial charge in [0, 0.05) is 25.4 Å². The average molecular weight is 452 g/mol. The zero-order chi connectivity index (χ0) is 24.5. The van der Waals surface area contributed by atoms with Gasteiger partial charge < -0.3 is 16.4 Å². The average Bonchev–Trinajstić information content (AvgIpc) is 2.74. The van der Waals surface area contributed by atoms with Gasteiger partial charge in [-0.15, -0.1) is 0 Å². The van der Waals surface area contributed by atoms with Gasteiger partial charge in [0.25, 0.3) is 0 Å². The van der Waals surface area contributed by atoms with Crippen molar-refractivity contribution in [1.29, 1.82) is 0 Å². The largest absolute Gasteiger partial charge is 0.342 e. The third kappa shape index (κ3) is 13.0. The summed E-state index contributed by atoms with van der Waals surface area (Å²) in [5, 5.41) is 0. The second-order valence-corrected chi connectivity index (χ2v) is 10.4. The van der Waals surface area contributed by atoms with E-state index in [1.165, 1.54) is 70.6 Å². The van der Waals surface area contributed by atoms with E-state index in [-0.39, 0.29) is 23.8 Å². The van der Waals surface area contributed by atoms with Gasteiger partial charge in [0.2, 0.25) is 5.91 Å². The number of carbonyl (C=O) groups excluding carboxylic acids is 1. The van der Waals surface area contributed by atoms with Gasteiger partial charge in [-0.1, -0.05) is 117 Å². The van der Waals surface area contributed by atoms with E-state index in [0.717, 1.165) is 18.4 Å². The van der Waals surface area contributed by atoms with Gasteiger partial charge in [-0.3, -0.25) is 4.79 Å². The quantitative estimate of drug-likeness (QED) is 0.119. The summed E-state index contributed by atoms with van der Waals surface area (Å²) in [7, 11) is 1.92. The highest BCUT2D eigenvalue weighted by Gasteiger charge is 2.30. The smallest absolute Gasteiger partial charge is 0.222 e. The van der Waals surface area contributed by atoms with Crippen LogP contribution in [-0.4, -0.2) is 30.1 Å². The molecule has 0 rings (SSSR count). The number of carbonyl (C=O) groups is 1. The van der Waals surface area contributed by atoms with Crippen LogP contribution in [0.1, 0.15) is 125 Å². The van der Waals surface area contributed by atoms with E-state index in [4.69, 9.17) is 11.5 Å². The highest BCUT2D eigenvalue weighted by atomic mass is 16.2. The molecule has 0 aromatic rings. The molecule has 2 unspecified atom stereocenters. The molecule has 0 aliphatic heterocycles. The van der Waals surface area contributed by atoms with Gasteiger partial charge >= 0.3 is 0 Å². The zero-order valence-corrected chi connectivity index (χ0v) is 22.5. The first kappa shape index (κ1) is 31.1. The summed E-state index contributed by atoms with van der Waals surface area (Å²) >= 11 is 0. The van der Waals surface area contributed by atoms with Crippen LogP contribution in [0, 0.1) is 17.8 Å². The number of nitrogens with two attached hydrogens (primary N) is 2. The highest BCUT2D eigenvalue weighted by molar-refractivity contribution is 5.76. The van der Waals surface area contributed by atoms with Crippen molar-refractivity contribution in [2.75, 3.05) is 7.05 Å². The van der Waals surface area contributed by atoms with Gasteiger partial charge in [0.1, 0.15) is 0 Å². The summed E-state index contributed by atoms with van der Waals surface area (Å²) in [5.74, 6) is 0.803. The lowest BCUT2D eigenvalue weighted by Crippen LogP contribution is -2.46. The fourth-order valence-electron chi connectivity index (χ4n) is 4.77. The Morgan fingerprint density at radius 1 is 0.781 bits per heavy atom. The molecule has 0 aliphatic carbocycles. The van der Waals surface area contributed by atoms with Gasteiger partial charge in [0.05, 0.1) is 6.17 Å². The predicted octanol–water partition coefficient (Wildman–Crippen LogP) is 7.02. The molecule has 0 saturated carbocycles. The molecule has 190 valence electrons. The van der Waals surface area contributed by atoms with E-state index in [0.29, 0.717) is 12.3 Å². The van der Waals surface area contributed by atoms with Crippen molar-refractivity contribution < 1.29 is 4.79 Å². The topological polar surface area (TPSA) is 72.3 Å². The minimum atomic E-state index is -0.413. The maximum absolute atomic E-state index is 12.7. The lowest BCUT2D eigenvalue weighted by molar-refractivity contribution is -0.132. The Morgan fingerprint density at radius 3 is 1.56 bits per heavy atom. The van der Waals surface area contributed by atoms with Crippen molar-refractivity contribution in [2.45, 2.75) is 137 Å². The van der Waals surface area contributed by atoms with Gasteiger partial charge in [-0.2, -0.15) is 0 Å². The number of nitrogens with zero attached hydrogens (tertiary/aromatic N) is 1. The molecule has 0 spiro atoms. The molecule has 0 bridgehead atoms. The molecule has 0 aliphatic rings. The van der Waals surface area contributed by atoms with Crippen LogP contribution in [0.15, 0.2) is 12.2 Å². The third-order valence-corrected chi connectivity index (χ3v) is 7.37. The maximum atomic E-state index is 12.7. The fraction of sp³-hybridized carbons (Fsp3) is 0.893. The highest BCUT2D eigenvalue weighted by Crippen LogP contribution is 2.30. The van der Waals surface area contributed by atoms with Crippen LogP contribution in [0.3, 0.4) is 0 Å². The maximum Gasteiger partial charge on any atom is 0.222 e. The lowest BCUT2D eigenvalue weighted by atomic mass is 9.78. The van der Waals surface area contributed by atoms with Gasteiger partial charge in [0.15, 0.2) is 0 Å². The van der Waals surface area contributed by atoms with Crippen molar-refractivity contribution in [3.05, 3.63) is 12.2 Å². The summed E-state index contributed by atoms with van der Waals surface area (Å²) in [6.45, 7) is 15.1. The molecule has 4 N–H and O–H groups in total. The molecule has 3 atom stereocenters. The van der Waals surface area contributed by atoms with Crippen molar-refractivity contribution in [1.82, 2.24) is 4.90 Å². The number of unbranched alkanes of at least 4 members (excludes halogenated alkanes) is 12. The van der Waals surface area contributed by atoms with Crippen molar-refractivity contribution in [2.24, 2.45) is 29.2 Å². The fourth-order valence-corrected chi connectivity index (χ4v) is 4.77. The minimum absolute atomic E-state index is 0.0667. The first-order chi connectivity index (χ1) is 15.1. The molecule has 0 aromatic carbocycles. The second kappa shape index (κ2) is 18.5. The monoisotopic (exact) mass is 451 g/mol. The molecule has 0 heterocycles. The van der Waals surface area contributed by atoms with Gasteiger partial charge in [-0.05, 0) is 25.2 Å². The normalized spacial score (nSPS) is 14.6. The Morgan fingerprint density at radius 2 is 1.19 bits per heavy atom. The summed E-state index contributed by atoms with van der Waals surface area (Å²) in [4.78, 5) is 14.6. The van der Waals surface area contributed by atoms with Crippen molar-refractivity contribution >= 4 is 5.91 Å². The van der Waals surface area contributed by atoms with Crippen LogP contribution in [0.5, 0.6) is 0 Å². The Hall–Kier alpha value is -0.870. The van der Waals surface area contributed by atoms with Gasteiger partial charge in [-0.25, -0.2) is 0 Å². The van der Waals surface area contributed by atoms with Crippen LogP contribution in [0.4, 0.5) is 0 Å². The molecule has 0 saturated heterocycles. The van der Waals surface area contributed by atoms with Crippen LogP contribution < -0.4 is 11.5 Å². The molecule has 0 fully saturated rings. The summed E-state index contributed by atoms with van der Waals surface area (Å²) in [6.07, 6.45) is 17.4. The zero-order valence-electron chi connectivity index (χ0n) is 22.5. The molecule has 0 radical (unpaired) electrons. The number of amides is 1. The predicted molar refractivity (Wildman–Crippen MR) is 141 cm³/mol. The van der Waals surface area contributed by atoms with E-state index in [1.54, 1.807) is 0 Å². The first-order valence-electron chi connectivity index (χ1n) is 13.6. The van der Waals surface area contributed by atoms with E-state index in [9.17, 15) is 4.79 Å². The number of hydrogen-bond acceptors (Lipinski definition) is 3. The summed E-state index contributed by atoms with van der Waals surface area (Å²) in [6, 6.07) is 0.0944. The lowest BCUT2D eigenvalue weighted by Gasteiger charge is -2.36. The Labute approximate surface area is 201 Å². The standard InChI is InChI=1S/C28H57N3O/c1-8-9-10-11-12-13-14-15-16-17-18-19-20-21-26(32)31(7)25(6)23(4)24(5)27(22(2)3)28(29)30/h22-23,25,27-28H,5,8-21,29-30H2,1-4,6-7H3/t23?,25?,27-/m1/s1. The molecule has 32 heavy (non-hydrogen) atoms. The Balaban J connectivity index is 4.00. The third-order valence-electron chi connectivity index (χ3n) is 7.37. The second-order valence-electron chi connectivity index (χ2n) is 10.4. The van der Waals surface area contributed by atoms with Crippen LogP contribution in [-0.2, 0) is 4.79 Å². The Kier molecular flexibility index (Phi) is 18.0. The molecule has 4 heteroatoms. The van der Waals surface area contributed by atoms with Crippen LogP contribution >= 0.6 is 0 Å². The number of rotatable bonds is 20. The molecule has 0 aromatic heterocycles. The van der Waals surface area contributed by atoms with E-state index in [1.807, 2.05) is 11.9 Å². The molecule has 4 nitrogen and oxygen atoms in total. The summed E-state index contributed by atoms with van der Waals surface area (Å²) < 4.78 is 0. The molecule has 1 amide bonds. The minimum Gasteiger partial charge on any atom is -0.342 e. The van der Waals surface area contributed by atoms with E-state index < -0.39 is 6.17 Å². The van der Waals surface area contributed by atoms with Crippen LogP contribution in [0.2, 0.25) is 0 Å². The first-order valence-corrected chi connectivity index (χ1v) is 13.6. The van der Waals surface area contributed by atoms with Crippen molar-refractivity contribution in [3.8, 4) is 0 Å². The van der Waals surface area contributed by atoms with E-state index in [2.05, 4.69) is 41.2 Å². The SMILES string of the molecule is C=C(C(C)C(C)N(C)C(=O)CCCCCCCCCCCCCCC)[C@@H](C(C)C)C(N)N. The van der Waals surface area contributed by atoms with Crippen LogP contribution in [0.25, 0.3) is 0 Å². The summed E-state index contributed by atoms with van der Waals surface area (Å²) in [5.41, 5.74) is 13.1. The molecular formula is C28H57N3O. The molecular weight excluding hydrogens is 394 g/mol. The van der Waals surface area contributed by atoms with Crippen molar-refractivity contribution in [3.63, 3.8) is 0 Å². The number of hydrogen-bond donors (Lipinski definition) is 2. The Bertz CT molecular complexity index is 481.